The molecule has 1 aliphatic heterocycles. The largest absolute Gasteiger partial charge is 0.395 e. The fraction of sp³-hybridized carbons (Fsp3) is 0.455. The number of hydrogen-bond donors (Lipinski definition) is 4. The van der Waals surface area contributed by atoms with Crippen LogP contribution in [0.5, 0.6) is 0 Å². The molecule has 1 aliphatic carbocycles. The van der Waals surface area contributed by atoms with E-state index in [0.29, 0.717) is 30.4 Å². The lowest BCUT2D eigenvalue weighted by Gasteiger charge is -2.42. The Labute approximate surface area is 472 Å². The van der Waals surface area contributed by atoms with Gasteiger partial charge in [-0.3, -0.25) is 0 Å². The van der Waals surface area contributed by atoms with Gasteiger partial charge in [-0.15, -0.1) is 10.2 Å². The van der Waals surface area contributed by atoms with E-state index in [-0.39, 0.29) is 24.0 Å². The van der Waals surface area contributed by atoms with Crippen molar-refractivity contribution in [3.05, 3.63) is 136 Å². The van der Waals surface area contributed by atoms with Crippen LogP contribution in [0.3, 0.4) is 0 Å². The maximum atomic E-state index is 10.3. The van der Waals surface area contributed by atoms with Crippen LogP contribution < -0.4 is 15.5 Å². The van der Waals surface area contributed by atoms with Crippen molar-refractivity contribution < 1.29 is 19.7 Å². The number of aliphatic hydroxyl groups is 2. The second-order valence-electron chi connectivity index (χ2n) is 22.6. The fourth-order valence-corrected chi connectivity index (χ4v) is 11.7. The number of halogens is 3. The molecule has 6 aromatic heterocycles. The first-order chi connectivity index (χ1) is 36.9. The summed E-state index contributed by atoms with van der Waals surface area (Å²) in [6.45, 7) is 18.4. The molecule has 0 spiro atoms. The molecule has 8 aromatic rings. The molecular formula is C55H74BrCl2N13O4Si2. The predicted molar refractivity (Wildman–Crippen MR) is 318 cm³/mol. The highest BCUT2D eigenvalue weighted by Crippen LogP contribution is 2.40. The smallest absolute Gasteiger partial charge is 0.247 e. The second-order valence-corrected chi connectivity index (χ2v) is 35.5. The van der Waals surface area contributed by atoms with Crippen LogP contribution in [0.25, 0.3) is 11.3 Å². The van der Waals surface area contributed by atoms with Gasteiger partial charge >= 0.3 is 0 Å². The molecule has 2 aliphatic rings. The predicted octanol–water partition coefficient (Wildman–Crippen LogP) is 12.4. The molecule has 0 bridgehead atoms. The Kier molecular flexibility index (Phi) is 19.7. The number of aliphatic hydroxyl groups excluding tert-OH is 2. The van der Waals surface area contributed by atoms with Crippen LogP contribution in [-0.4, -0.2) is 115 Å². The number of ether oxygens (including phenoxy) is 2. The van der Waals surface area contributed by atoms with Crippen molar-refractivity contribution in [2.75, 3.05) is 55.1 Å². The number of benzene rings is 2. The van der Waals surface area contributed by atoms with Gasteiger partial charge in [0.1, 0.15) is 13.5 Å². The number of fused-ring (bicyclic) bond motifs is 2. The topological polar surface area (TPSA) is 182 Å². The third kappa shape index (κ3) is 16.0. The van der Waals surface area contributed by atoms with Crippen LogP contribution >= 0.6 is 39.1 Å². The molecule has 0 atom stereocenters. The molecule has 0 radical (unpaired) electrons. The van der Waals surface area contributed by atoms with Crippen molar-refractivity contribution in [2.45, 2.75) is 121 Å². The normalized spacial score (nSPS) is 15.4. The third-order valence-corrected chi connectivity index (χ3v) is 18.8. The summed E-state index contributed by atoms with van der Waals surface area (Å²) in [5.74, 6) is 1.04. The molecule has 77 heavy (non-hydrogen) atoms. The lowest BCUT2D eigenvalue weighted by Crippen LogP contribution is -2.45. The first-order valence-corrected chi connectivity index (χ1v) is 35.5. The van der Waals surface area contributed by atoms with E-state index >= 15 is 0 Å². The van der Waals surface area contributed by atoms with Crippen LogP contribution in [0.2, 0.25) is 61.4 Å². The maximum Gasteiger partial charge on any atom is 0.247 e. The van der Waals surface area contributed by atoms with Crippen LogP contribution in [0.15, 0.2) is 114 Å². The number of anilines is 5. The van der Waals surface area contributed by atoms with E-state index in [9.17, 15) is 10.2 Å². The van der Waals surface area contributed by atoms with Gasteiger partial charge in [0.15, 0.2) is 11.3 Å². The molecule has 1 saturated carbocycles. The number of nitrogens with one attached hydrogen (secondary N) is 2. The van der Waals surface area contributed by atoms with E-state index in [1.807, 2.05) is 79.4 Å². The molecule has 4 N–H and O–H groups in total. The van der Waals surface area contributed by atoms with Crippen molar-refractivity contribution in [2.24, 2.45) is 0 Å². The van der Waals surface area contributed by atoms with Gasteiger partial charge < -0.3 is 35.2 Å². The average molecular weight is 1190 g/mol. The minimum absolute atomic E-state index is 0.00282. The van der Waals surface area contributed by atoms with Gasteiger partial charge in [-0.25, -0.2) is 18.4 Å². The lowest BCUT2D eigenvalue weighted by molar-refractivity contribution is 0.0785. The molecule has 2 aromatic carbocycles. The molecule has 7 heterocycles. The van der Waals surface area contributed by atoms with Crippen LogP contribution in [0, 0.1) is 0 Å². The highest BCUT2D eigenvalue weighted by atomic mass is 79.9. The van der Waals surface area contributed by atoms with Gasteiger partial charge in [0.2, 0.25) is 11.9 Å². The van der Waals surface area contributed by atoms with E-state index in [2.05, 4.69) is 114 Å². The first kappa shape index (κ1) is 58.0. The van der Waals surface area contributed by atoms with Gasteiger partial charge in [0.25, 0.3) is 0 Å². The second kappa shape index (κ2) is 26.2. The average Bonchev–Trinajstić information content (AvgIpc) is 4.26. The number of rotatable bonds is 19. The van der Waals surface area contributed by atoms with E-state index in [1.165, 1.54) is 24.8 Å². The molecule has 1 saturated heterocycles. The Balaban J connectivity index is 0.000000170. The van der Waals surface area contributed by atoms with Crippen molar-refractivity contribution in [3.63, 3.8) is 0 Å². The molecule has 17 nitrogen and oxygen atoms in total. The number of pyridine rings is 2. The molecule has 10 rings (SSSR count). The van der Waals surface area contributed by atoms with Gasteiger partial charge in [-0.1, -0.05) is 106 Å². The van der Waals surface area contributed by atoms with Crippen molar-refractivity contribution in [1.29, 1.82) is 0 Å². The molecule has 0 amide bonds. The van der Waals surface area contributed by atoms with Gasteiger partial charge in [-0.05, 0) is 113 Å². The number of nitrogens with zero attached hydrogens (tertiary/aromatic N) is 11. The zero-order valence-electron chi connectivity index (χ0n) is 45.2. The van der Waals surface area contributed by atoms with E-state index < -0.39 is 16.1 Å². The molecule has 2 fully saturated rings. The van der Waals surface area contributed by atoms with E-state index in [1.54, 1.807) is 30.8 Å². The summed E-state index contributed by atoms with van der Waals surface area (Å²) in [6, 6.07) is 26.0. The monoisotopic (exact) mass is 1190 g/mol. The highest BCUT2D eigenvalue weighted by Gasteiger charge is 2.37. The summed E-state index contributed by atoms with van der Waals surface area (Å²) in [4.78, 5) is 11.6. The minimum atomic E-state index is -1.11. The Hall–Kier alpha value is -5.17. The Bertz CT molecular complexity index is 3110. The fourth-order valence-electron chi connectivity index (χ4n) is 9.53. The summed E-state index contributed by atoms with van der Waals surface area (Å²) in [5, 5.41) is 45.5. The van der Waals surface area contributed by atoms with Crippen LogP contribution in [0.1, 0.15) is 56.1 Å². The SMILES string of the molecule is C[Si](C)(C)CCOCn1cc(Nc2nc3c(Br)cccn3n2)cn1.C[Si](C)(C)CCOCn1cc(Nc2nc3c(N4CCC(CO)(c5ccc(Cl)cc5)CC4)cccn3n2)cn1.OCC1(c2ccc(Cl)cc2)CCCCC1. The van der Waals surface area contributed by atoms with Gasteiger partial charge in [0, 0.05) is 75.7 Å². The third-order valence-electron chi connectivity index (χ3n) is 14.3. The van der Waals surface area contributed by atoms with E-state index in [0.717, 1.165) is 107 Å². The Morgan fingerprint density at radius 1 is 0.610 bits per heavy atom. The van der Waals surface area contributed by atoms with Gasteiger partial charge in [-0.2, -0.15) is 20.2 Å². The number of hydrogen-bond acceptors (Lipinski definition) is 13. The summed E-state index contributed by atoms with van der Waals surface area (Å²) < 4.78 is 19.4. The molecular weight excluding hydrogens is 1110 g/mol. The minimum Gasteiger partial charge on any atom is -0.395 e. The Morgan fingerprint density at radius 2 is 1.06 bits per heavy atom. The zero-order chi connectivity index (χ0) is 54.6. The van der Waals surface area contributed by atoms with Gasteiger partial charge in [0.05, 0.1) is 59.5 Å². The number of piperidine rings is 1. The summed E-state index contributed by atoms with van der Waals surface area (Å²) >= 11 is 15.4. The Morgan fingerprint density at radius 3 is 1.53 bits per heavy atom. The van der Waals surface area contributed by atoms with E-state index in [4.69, 9.17) is 37.7 Å². The van der Waals surface area contributed by atoms with Crippen molar-refractivity contribution >= 4 is 95.5 Å². The lowest BCUT2D eigenvalue weighted by atomic mass is 9.70. The summed E-state index contributed by atoms with van der Waals surface area (Å²) in [6.07, 6.45) is 18.7. The standard InChI is InChI=1S/C27H36ClN7O2Si.C15H21BrN6OSi.C13H17ClO/c1-38(2,3)16-15-37-20-34-18-23(17-29-34)30-26-31-25-24(5-4-12-35(25)32-26)33-13-10-27(19-36,11-14-33)21-6-8-22(28)9-7-21;1-24(2,3)8-7-23-11-21-10-12(9-17-21)18-15-19-14-13(16)5-4-6-22(14)20-15;14-12-6-4-11(5-7-12)13(10-15)8-2-1-3-9-13/h4-9,12,17-18,36H,10-11,13-16,19-20H2,1-3H3,(H,30,32);4-6,9-10H,7-8,11H2,1-3H3,(H,18,20);4-7,15H,1-3,8-10H2. The first-order valence-electron chi connectivity index (χ1n) is 26.5. The zero-order valence-corrected chi connectivity index (χ0v) is 50.3. The molecule has 22 heteroatoms. The van der Waals surface area contributed by atoms with Crippen LogP contribution in [-0.2, 0) is 33.8 Å². The quantitative estimate of drug-likeness (QED) is 0.0444. The highest BCUT2D eigenvalue weighted by molar-refractivity contribution is 9.10. The summed E-state index contributed by atoms with van der Waals surface area (Å²) in [5.41, 5.74) is 6.35. The number of aromatic nitrogens is 10. The van der Waals surface area contributed by atoms with Crippen molar-refractivity contribution in [1.82, 2.24) is 48.8 Å². The molecule has 412 valence electrons. The maximum absolute atomic E-state index is 10.3. The van der Waals surface area contributed by atoms with Crippen LogP contribution in [0.4, 0.5) is 29.0 Å². The molecule has 0 unspecified atom stereocenters. The van der Waals surface area contributed by atoms with Crippen molar-refractivity contribution in [3.8, 4) is 0 Å². The summed E-state index contributed by atoms with van der Waals surface area (Å²) in [7, 11) is -2.16.